The van der Waals surface area contributed by atoms with Gasteiger partial charge in [0.2, 0.25) is 5.78 Å². The van der Waals surface area contributed by atoms with Gasteiger partial charge in [-0.05, 0) is 32.0 Å². The summed E-state index contributed by atoms with van der Waals surface area (Å²) in [6, 6.07) is 10.5. The van der Waals surface area contributed by atoms with Gasteiger partial charge >= 0.3 is 0 Å². The smallest absolute Gasteiger partial charge is 0.234 e. The zero-order valence-corrected chi connectivity index (χ0v) is 12.3. The average Bonchev–Trinajstić information content (AvgIpc) is 2.83. The number of benzene rings is 1. The quantitative estimate of drug-likeness (QED) is 0.714. The molecule has 0 spiro atoms. The van der Waals surface area contributed by atoms with Gasteiger partial charge in [-0.2, -0.15) is 0 Å². The lowest BCUT2D eigenvalue weighted by Gasteiger charge is -2.11. The number of anilines is 1. The third-order valence-corrected chi connectivity index (χ3v) is 3.44. The SMILES string of the molecule is Cc1cc(C)n2cc(-c3ccc(N(C)C)cc3)nc2n1. The molecule has 102 valence electrons. The molecule has 0 bridgehead atoms. The lowest BCUT2D eigenvalue weighted by Crippen LogP contribution is -2.07. The Balaban J connectivity index is 2.08. The van der Waals surface area contributed by atoms with Crippen molar-refractivity contribution in [1.82, 2.24) is 14.4 Å². The summed E-state index contributed by atoms with van der Waals surface area (Å²) in [6.45, 7) is 4.06. The van der Waals surface area contributed by atoms with Crippen molar-refractivity contribution in [2.75, 3.05) is 19.0 Å². The van der Waals surface area contributed by atoms with Gasteiger partial charge in [0.1, 0.15) is 0 Å². The first-order chi connectivity index (χ1) is 9.54. The number of aromatic nitrogens is 3. The van der Waals surface area contributed by atoms with E-state index in [0.29, 0.717) is 0 Å². The van der Waals surface area contributed by atoms with Gasteiger partial charge in [-0.1, -0.05) is 12.1 Å². The Morgan fingerprint density at radius 2 is 1.70 bits per heavy atom. The molecule has 0 fully saturated rings. The average molecular weight is 266 g/mol. The first kappa shape index (κ1) is 12.7. The minimum atomic E-state index is 0.759. The molecule has 0 unspecified atom stereocenters. The van der Waals surface area contributed by atoms with Crippen LogP contribution in [-0.2, 0) is 0 Å². The second-order valence-corrected chi connectivity index (χ2v) is 5.28. The second kappa shape index (κ2) is 4.63. The highest BCUT2D eigenvalue weighted by Crippen LogP contribution is 2.22. The Labute approximate surface area is 118 Å². The molecule has 0 radical (unpaired) electrons. The third-order valence-electron chi connectivity index (χ3n) is 3.44. The molecule has 0 saturated carbocycles. The van der Waals surface area contributed by atoms with Gasteiger partial charge in [0.15, 0.2) is 0 Å². The van der Waals surface area contributed by atoms with Crippen molar-refractivity contribution < 1.29 is 0 Å². The Morgan fingerprint density at radius 3 is 2.35 bits per heavy atom. The summed E-state index contributed by atoms with van der Waals surface area (Å²) < 4.78 is 2.03. The van der Waals surface area contributed by atoms with Gasteiger partial charge in [0, 0.05) is 42.9 Å². The zero-order valence-electron chi connectivity index (χ0n) is 12.3. The maximum Gasteiger partial charge on any atom is 0.234 e. The molecule has 0 amide bonds. The predicted molar refractivity (Wildman–Crippen MR) is 82.2 cm³/mol. The number of hydrogen-bond donors (Lipinski definition) is 0. The van der Waals surface area contributed by atoms with Gasteiger partial charge < -0.3 is 4.90 Å². The molecular formula is C16H18N4. The molecule has 0 N–H and O–H groups in total. The zero-order chi connectivity index (χ0) is 14.3. The molecule has 0 aliphatic carbocycles. The van der Waals surface area contributed by atoms with Crippen molar-refractivity contribution in [3.63, 3.8) is 0 Å². The normalized spacial score (nSPS) is 11.0. The fraction of sp³-hybridized carbons (Fsp3) is 0.250. The van der Waals surface area contributed by atoms with Gasteiger partial charge in [0.25, 0.3) is 0 Å². The lowest BCUT2D eigenvalue weighted by molar-refractivity contribution is 1.01. The summed E-state index contributed by atoms with van der Waals surface area (Å²) in [5.74, 6) is 0.759. The van der Waals surface area contributed by atoms with Gasteiger partial charge in [-0.15, -0.1) is 0 Å². The number of aryl methyl sites for hydroxylation is 2. The molecule has 4 nitrogen and oxygen atoms in total. The highest BCUT2D eigenvalue weighted by molar-refractivity contribution is 5.64. The van der Waals surface area contributed by atoms with Gasteiger partial charge in [0.05, 0.1) is 5.69 Å². The van der Waals surface area contributed by atoms with Crippen molar-refractivity contribution in [1.29, 1.82) is 0 Å². The van der Waals surface area contributed by atoms with E-state index in [2.05, 4.69) is 52.1 Å². The van der Waals surface area contributed by atoms with Crippen LogP contribution in [0.15, 0.2) is 36.5 Å². The number of fused-ring (bicyclic) bond motifs is 1. The minimum Gasteiger partial charge on any atom is -0.378 e. The van der Waals surface area contributed by atoms with Crippen LogP contribution >= 0.6 is 0 Å². The molecule has 0 aliphatic heterocycles. The van der Waals surface area contributed by atoms with Crippen LogP contribution in [0.25, 0.3) is 17.0 Å². The summed E-state index contributed by atoms with van der Waals surface area (Å²) in [7, 11) is 4.08. The highest BCUT2D eigenvalue weighted by Gasteiger charge is 2.07. The first-order valence-corrected chi connectivity index (χ1v) is 6.66. The van der Waals surface area contributed by atoms with E-state index in [-0.39, 0.29) is 0 Å². The van der Waals surface area contributed by atoms with Crippen LogP contribution < -0.4 is 4.90 Å². The van der Waals surface area contributed by atoms with Crippen LogP contribution in [0.1, 0.15) is 11.4 Å². The van der Waals surface area contributed by atoms with E-state index in [9.17, 15) is 0 Å². The van der Waals surface area contributed by atoms with Crippen LogP contribution in [0.2, 0.25) is 0 Å². The summed E-state index contributed by atoms with van der Waals surface area (Å²) in [5, 5.41) is 0. The van der Waals surface area contributed by atoms with E-state index in [1.807, 2.05) is 31.6 Å². The fourth-order valence-electron chi connectivity index (χ4n) is 2.34. The summed E-state index contributed by atoms with van der Waals surface area (Å²) in [5.41, 5.74) is 5.39. The molecular weight excluding hydrogens is 248 g/mol. The van der Waals surface area contributed by atoms with Crippen molar-refractivity contribution in [3.8, 4) is 11.3 Å². The summed E-state index contributed by atoms with van der Waals surface area (Å²) >= 11 is 0. The molecule has 1 aromatic carbocycles. The van der Waals surface area contributed by atoms with Crippen LogP contribution in [0.4, 0.5) is 5.69 Å². The van der Waals surface area contributed by atoms with E-state index < -0.39 is 0 Å². The number of rotatable bonds is 2. The number of imidazole rings is 1. The third kappa shape index (κ3) is 2.13. The Kier molecular flexibility index (Phi) is 2.93. The lowest BCUT2D eigenvalue weighted by atomic mass is 10.1. The van der Waals surface area contributed by atoms with E-state index in [0.717, 1.165) is 28.4 Å². The molecule has 4 heteroatoms. The minimum absolute atomic E-state index is 0.759. The summed E-state index contributed by atoms with van der Waals surface area (Å²) in [6.07, 6.45) is 2.04. The number of hydrogen-bond acceptors (Lipinski definition) is 3. The van der Waals surface area contributed by atoms with Crippen molar-refractivity contribution in [2.45, 2.75) is 13.8 Å². The van der Waals surface area contributed by atoms with E-state index in [4.69, 9.17) is 0 Å². The first-order valence-electron chi connectivity index (χ1n) is 6.66. The highest BCUT2D eigenvalue weighted by atomic mass is 15.1. The molecule has 3 aromatic rings. The maximum atomic E-state index is 4.62. The van der Waals surface area contributed by atoms with Gasteiger partial charge in [-0.3, -0.25) is 4.40 Å². The molecule has 0 atom stereocenters. The van der Waals surface area contributed by atoms with Crippen LogP contribution in [0.5, 0.6) is 0 Å². The molecule has 2 heterocycles. The molecule has 3 rings (SSSR count). The van der Waals surface area contributed by atoms with Gasteiger partial charge in [-0.25, -0.2) is 9.97 Å². The van der Waals surface area contributed by atoms with E-state index in [1.165, 1.54) is 5.69 Å². The van der Waals surface area contributed by atoms with E-state index in [1.54, 1.807) is 0 Å². The maximum absolute atomic E-state index is 4.62. The largest absolute Gasteiger partial charge is 0.378 e. The van der Waals surface area contributed by atoms with Crippen molar-refractivity contribution >= 4 is 11.5 Å². The van der Waals surface area contributed by atoms with Crippen LogP contribution in [0.3, 0.4) is 0 Å². The number of nitrogens with zero attached hydrogens (tertiary/aromatic N) is 4. The summed E-state index contributed by atoms with van der Waals surface area (Å²) in [4.78, 5) is 11.2. The molecule has 0 aliphatic rings. The molecule has 2 aromatic heterocycles. The Morgan fingerprint density at radius 1 is 1.00 bits per heavy atom. The Bertz CT molecular complexity index is 754. The van der Waals surface area contributed by atoms with Crippen LogP contribution in [0, 0.1) is 13.8 Å². The molecule has 20 heavy (non-hydrogen) atoms. The Hall–Kier alpha value is -2.36. The fourth-order valence-corrected chi connectivity index (χ4v) is 2.34. The van der Waals surface area contributed by atoms with Crippen molar-refractivity contribution in [3.05, 3.63) is 47.9 Å². The second-order valence-electron chi connectivity index (χ2n) is 5.28. The van der Waals surface area contributed by atoms with Crippen LogP contribution in [-0.4, -0.2) is 28.5 Å². The standard InChI is InChI=1S/C16H18N4/c1-11-9-12(2)20-10-15(18-16(20)17-11)13-5-7-14(8-6-13)19(3)4/h5-10H,1-4H3. The van der Waals surface area contributed by atoms with Crippen molar-refractivity contribution in [2.24, 2.45) is 0 Å². The topological polar surface area (TPSA) is 33.4 Å². The molecule has 0 saturated heterocycles. The van der Waals surface area contributed by atoms with E-state index >= 15 is 0 Å². The monoisotopic (exact) mass is 266 g/mol. The predicted octanol–water partition coefficient (Wildman–Crippen LogP) is 3.08.